The maximum Gasteiger partial charge on any atom is 0.223 e. The van der Waals surface area contributed by atoms with Crippen molar-refractivity contribution in [3.05, 3.63) is 23.4 Å². The highest BCUT2D eigenvalue weighted by Crippen LogP contribution is 2.26. The van der Waals surface area contributed by atoms with E-state index in [1.807, 2.05) is 12.1 Å². The minimum absolute atomic E-state index is 0.0157. The molecule has 7 heteroatoms. The molecule has 6 nitrogen and oxygen atoms in total. The maximum atomic E-state index is 12.7. The van der Waals surface area contributed by atoms with Crippen molar-refractivity contribution in [1.82, 2.24) is 15.2 Å². The number of pyridine rings is 1. The molecule has 1 aromatic rings. The lowest BCUT2D eigenvalue weighted by Crippen LogP contribution is -2.56. The van der Waals surface area contributed by atoms with Crippen molar-refractivity contribution >= 4 is 23.3 Å². The van der Waals surface area contributed by atoms with E-state index < -0.39 is 0 Å². The third kappa shape index (κ3) is 4.48. The van der Waals surface area contributed by atoms with Gasteiger partial charge in [-0.2, -0.15) is 0 Å². The topological polar surface area (TPSA) is 57.7 Å². The van der Waals surface area contributed by atoms with Crippen LogP contribution >= 0.6 is 11.6 Å². The average Bonchev–Trinajstić information content (AvgIpc) is 2.67. The van der Waals surface area contributed by atoms with E-state index in [1.165, 1.54) is 0 Å². The first-order valence-corrected chi connectivity index (χ1v) is 9.77. The molecule has 144 valence electrons. The number of nitrogens with one attached hydrogen (secondary N) is 1. The molecule has 1 aromatic heterocycles. The van der Waals surface area contributed by atoms with Crippen LogP contribution in [-0.4, -0.2) is 68.3 Å². The highest BCUT2D eigenvalue weighted by Gasteiger charge is 2.36. The van der Waals surface area contributed by atoms with Crippen LogP contribution in [0.4, 0.5) is 5.82 Å². The van der Waals surface area contributed by atoms with E-state index in [0.29, 0.717) is 11.6 Å². The standard InChI is InChI=1S/C19H29ClN4O2/c1-23(2)19(7-11-26-12-8-19)14-22-18(25)15-5-9-24(10-6-15)17-4-3-16(20)13-21-17/h3-4,13,15H,5-12,14H2,1-2H3,(H,22,25). The van der Waals surface area contributed by atoms with E-state index in [1.54, 1.807) is 6.20 Å². The summed E-state index contributed by atoms with van der Waals surface area (Å²) in [6.07, 6.45) is 5.30. The number of piperidine rings is 1. The molecule has 3 heterocycles. The van der Waals surface area contributed by atoms with Crippen LogP contribution in [0.1, 0.15) is 25.7 Å². The zero-order valence-corrected chi connectivity index (χ0v) is 16.5. The number of anilines is 1. The van der Waals surface area contributed by atoms with Crippen molar-refractivity contribution in [2.75, 3.05) is 51.8 Å². The normalized spacial score (nSPS) is 21.0. The van der Waals surface area contributed by atoms with Crippen molar-refractivity contribution in [1.29, 1.82) is 0 Å². The highest BCUT2D eigenvalue weighted by molar-refractivity contribution is 6.30. The molecule has 1 amide bonds. The van der Waals surface area contributed by atoms with Crippen molar-refractivity contribution in [2.24, 2.45) is 5.92 Å². The van der Waals surface area contributed by atoms with Crippen LogP contribution in [0.3, 0.4) is 0 Å². The largest absolute Gasteiger partial charge is 0.381 e. The molecule has 0 unspecified atom stereocenters. The molecule has 1 N–H and O–H groups in total. The van der Waals surface area contributed by atoms with Gasteiger partial charge in [0.2, 0.25) is 5.91 Å². The average molecular weight is 381 g/mol. The summed E-state index contributed by atoms with van der Waals surface area (Å²) < 4.78 is 5.50. The molecule has 0 saturated carbocycles. The summed E-state index contributed by atoms with van der Waals surface area (Å²) >= 11 is 5.90. The molecular formula is C19H29ClN4O2. The SMILES string of the molecule is CN(C)C1(CNC(=O)C2CCN(c3ccc(Cl)cn3)CC2)CCOCC1. The fourth-order valence-electron chi connectivity index (χ4n) is 3.86. The number of likely N-dealkylation sites (N-methyl/N-ethyl adjacent to an activating group) is 1. The number of aromatic nitrogens is 1. The second-order valence-electron chi connectivity index (χ2n) is 7.54. The molecule has 0 aromatic carbocycles. The number of ether oxygens (including phenoxy) is 1. The molecule has 2 aliphatic heterocycles. The van der Waals surface area contributed by atoms with Crippen molar-refractivity contribution < 1.29 is 9.53 Å². The van der Waals surface area contributed by atoms with Crippen LogP contribution < -0.4 is 10.2 Å². The molecule has 2 saturated heterocycles. The van der Waals surface area contributed by atoms with Gasteiger partial charge in [0.15, 0.2) is 0 Å². The van der Waals surface area contributed by atoms with Gasteiger partial charge in [0, 0.05) is 50.5 Å². The fourth-order valence-corrected chi connectivity index (χ4v) is 3.97. The molecule has 0 radical (unpaired) electrons. The molecule has 2 aliphatic rings. The van der Waals surface area contributed by atoms with Gasteiger partial charge in [-0.3, -0.25) is 4.79 Å². The second kappa shape index (κ2) is 8.55. The van der Waals surface area contributed by atoms with Gasteiger partial charge in [0.1, 0.15) is 5.82 Å². The first-order valence-electron chi connectivity index (χ1n) is 9.40. The van der Waals surface area contributed by atoms with Gasteiger partial charge in [-0.15, -0.1) is 0 Å². The highest BCUT2D eigenvalue weighted by atomic mass is 35.5. The van der Waals surface area contributed by atoms with Gasteiger partial charge in [-0.25, -0.2) is 4.98 Å². The lowest BCUT2D eigenvalue weighted by Gasteiger charge is -2.43. The number of hydrogen-bond donors (Lipinski definition) is 1. The summed E-state index contributed by atoms with van der Waals surface area (Å²) in [4.78, 5) is 21.5. The Labute approximate surface area is 160 Å². The minimum atomic E-state index is 0.0157. The molecule has 0 atom stereocenters. The summed E-state index contributed by atoms with van der Waals surface area (Å²) in [6, 6.07) is 3.80. The summed E-state index contributed by atoms with van der Waals surface area (Å²) in [7, 11) is 4.18. The molecule has 0 aliphatic carbocycles. The molecule has 2 fully saturated rings. The Morgan fingerprint density at radius 1 is 1.35 bits per heavy atom. The Bertz CT molecular complexity index is 594. The van der Waals surface area contributed by atoms with E-state index in [-0.39, 0.29) is 17.4 Å². The number of amides is 1. The summed E-state index contributed by atoms with van der Waals surface area (Å²) in [5, 5.41) is 3.86. The van der Waals surface area contributed by atoms with E-state index in [2.05, 4.69) is 34.2 Å². The number of carbonyl (C=O) groups excluding carboxylic acids is 1. The summed E-state index contributed by atoms with van der Waals surface area (Å²) in [6.45, 7) is 3.92. The zero-order valence-electron chi connectivity index (χ0n) is 15.7. The number of halogens is 1. The van der Waals surface area contributed by atoms with Crippen molar-refractivity contribution in [3.8, 4) is 0 Å². The summed E-state index contributed by atoms with van der Waals surface area (Å²) in [5.41, 5.74) is 0.0157. The number of rotatable bonds is 5. The Hall–Kier alpha value is -1.37. The predicted molar refractivity (Wildman–Crippen MR) is 104 cm³/mol. The van der Waals surface area contributed by atoms with E-state index in [0.717, 1.165) is 57.8 Å². The van der Waals surface area contributed by atoms with Gasteiger partial charge >= 0.3 is 0 Å². The molecule has 26 heavy (non-hydrogen) atoms. The van der Waals surface area contributed by atoms with Crippen LogP contribution in [0.5, 0.6) is 0 Å². The number of carbonyl (C=O) groups is 1. The van der Waals surface area contributed by atoms with Gasteiger partial charge < -0.3 is 19.9 Å². The smallest absolute Gasteiger partial charge is 0.223 e. The Morgan fingerprint density at radius 2 is 2.04 bits per heavy atom. The van der Waals surface area contributed by atoms with Crippen LogP contribution in [-0.2, 0) is 9.53 Å². The second-order valence-corrected chi connectivity index (χ2v) is 7.98. The number of nitrogens with zero attached hydrogens (tertiary/aromatic N) is 3. The lowest BCUT2D eigenvalue weighted by molar-refractivity contribution is -0.126. The third-order valence-electron chi connectivity index (χ3n) is 5.87. The summed E-state index contributed by atoms with van der Waals surface area (Å²) in [5.74, 6) is 1.20. The van der Waals surface area contributed by atoms with Gasteiger partial charge in [-0.1, -0.05) is 11.6 Å². The van der Waals surface area contributed by atoms with E-state index >= 15 is 0 Å². The van der Waals surface area contributed by atoms with Gasteiger partial charge in [-0.05, 0) is 51.9 Å². The first-order chi connectivity index (χ1) is 12.5. The lowest BCUT2D eigenvalue weighted by atomic mass is 9.88. The van der Waals surface area contributed by atoms with Gasteiger partial charge in [0.25, 0.3) is 0 Å². The first kappa shape index (κ1) is 19.4. The monoisotopic (exact) mass is 380 g/mol. The molecule has 3 rings (SSSR count). The van der Waals surface area contributed by atoms with Crippen molar-refractivity contribution in [3.63, 3.8) is 0 Å². The molecule has 0 bridgehead atoms. The van der Waals surface area contributed by atoms with E-state index in [9.17, 15) is 4.79 Å². The Kier molecular flexibility index (Phi) is 6.37. The molecular weight excluding hydrogens is 352 g/mol. The minimum Gasteiger partial charge on any atom is -0.381 e. The third-order valence-corrected chi connectivity index (χ3v) is 6.09. The van der Waals surface area contributed by atoms with Crippen LogP contribution in [0.15, 0.2) is 18.3 Å². The van der Waals surface area contributed by atoms with Crippen LogP contribution in [0, 0.1) is 5.92 Å². The Balaban J connectivity index is 1.49. The molecule has 0 spiro atoms. The van der Waals surface area contributed by atoms with Gasteiger partial charge in [0.05, 0.1) is 5.02 Å². The number of hydrogen-bond acceptors (Lipinski definition) is 5. The van der Waals surface area contributed by atoms with Crippen LogP contribution in [0.2, 0.25) is 5.02 Å². The maximum absolute atomic E-state index is 12.7. The zero-order chi connectivity index (χ0) is 18.6. The predicted octanol–water partition coefficient (Wildman–Crippen LogP) is 2.18. The van der Waals surface area contributed by atoms with Crippen molar-refractivity contribution in [2.45, 2.75) is 31.2 Å². The Morgan fingerprint density at radius 3 is 2.62 bits per heavy atom. The van der Waals surface area contributed by atoms with Crippen LogP contribution in [0.25, 0.3) is 0 Å². The quantitative estimate of drug-likeness (QED) is 0.848. The fraction of sp³-hybridized carbons (Fsp3) is 0.684. The van der Waals surface area contributed by atoms with E-state index in [4.69, 9.17) is 16.3 Å².